The molecule has 3 rings (SSSR count). The fraction of sp³-hybridized carbons (Fsp3) is 0.353. The van der Waals surface area contributed by atoms with Gasteiger partial charge >= 0.3 is 6.18 Å². The molecule has 0 aliphatic heterocycles. The monoisotopic (exact) mass is 382 g/mol. The number of hydrogen-bond donors (Lipinski definition) is 1. The van der Waals surface area contributed by atoms with Crippen LogP contribution in [0.25, 0.3) is 4.96 Å². The summed E-state index contributed by atoms with van der Waals surface area (Å²) in [4.78, 5) is 17.3. The van der Waals surface area contributed by atoms with Crippen LogP contribution >= 0.6 is 11.3 Å². The smallest absolute Gasteiger partial charge is 0.350 e. The van der Waals surface area contributed by atoms with Crippen molar-refractivity contribution in [3.05, 3.63) is 51.8 Å². The molecule has 0 unspecified atom stereocenters. The third kappa shape index (κ3) is 3.87. The molecular weight excluding hydrogens is 365 g/mol. The second kappa shape index (κ2) is 7.06. The molecule has 0 saturated heterocycles. The van der Waals surface area contributed by atoms with Gasteiger partial charge in [-0.25, -0.2) is 9.50 Å². The molecule has 2 aromatic heterocycles. The highest BCUT2D eigenvalue weighted by Gasteiger charge is 2.30. The van der Waals surface area contributed by atoms with Crippen molar-refractivity contribution in [2.75, 3.05) is 0 Å². The van der Waals surface area contributed by atoms with Crippen LogP contribution in [0.3, 0.4) is 0 Å². The fourth-order valence-corrected chi connectivity index (χ4v) is 3.46. The van der Waals surface area contributed by atoms with E-state index < -0.39 is 11.7 Å². The molecule has 5 nitrogen and oxygen atoms in total. The Hall–Kier alpha value is -2.42. The van der Waals surface area contributed by atoms with Crippen LogP contribution in [0.2, 0.25) is 0 Å². The largest absolute Gasteiger partial charge is 0.416 e. The molecule has 1 amide bonds. The zero-order chi connectivity index (χ0) is 18.9. The highest BCUT2D eigenvalue weighted by atomic mass is 32.1. The van der Waals surface area contributed by atoms with Gasteiger partial charge in [0.25, 0.3) is 0 Å². The molecule has 0 atom stereocenters. The Bertz CT molecular complexity index is 945. The Balaban J connectivity index is 1.68. The number of aryl methyl sites for hydroxylation is 2. The van der Waals surface area contributed by atoms with E-state index in [-0.39, 0.29) is 18.9 Å². The van der Waals surface area contributed by atoms with Crippen LogP contribution < -0.4 is 5.32 Å². The van der Waals surface area contributed by atoms with Crippen molar-refractivity contribution < 1.29 is 18.0 Å². The van der Waals surface area contributed by atoms with Gasteiger partial charge in [-0.3, -0.25) is 4.79 Å². The number of rotatable bonds is 5. The number of nitrogens with one attached hydrogen (secondary N) is 1. The third-order valence-electron chi connectivity index (χ3n) is 3.91. The number of hydrogen-bond acceptors (Lipinski definition) is 4. The summed E-state index contributed by atoms with van der Waals surface area (Å²) in [5.74, 6) is -0.357. The molecule has 0 radical (unpaired) electrons. The second-order valence-corrected chi connectivity index (χ2v) is 6.88. The summed E-state index contributed by atoms with van der Waals surface area (Å²) in [5, 5.41) is 8.13. The van der Waals surface area contributed by atoms with E-state index in [1.807, 2.05) is 13.8 Å². The van der Waals surface area contributed by atoms with Crippen LogP contribution in [0.5, 0.6) is 0 Å². The van der Waals surface area contributed by atoms with Gasteiger partial charge in [0.2, 0.25) is 10.9 Å². The van der Waals surface area contributed by atoms with Gasteiger partial charge in [-0.15, -0.1) is 0 Å². The molecule has 9 heteroatoms. The van der Waals surface area contributed by atoms with Gasteiger partial charge in [-0.1, -0.05) is 36.5 Å². The molecule has 0 fully saturated rings. The van der Waals surface area contributed by atoms with Crippen LogP contribution in [-0.4, -0.2) is 20.5 Å². The average Bonchev–Trinajstić information content (AvgIpc) is 3.09. The maximum atomic E-state index is 12.7. The van der Waals surface area contributed by atoms with Gasteiger partial charge in [0.05, 0.1) is 29.9 Å². The summed E-state index contributed by atoms with van der Waals surface area (Å²) >= 11 is 1.49. The van der Waals surface area contributed by atoms with E-state index in [2.05, 4.69) is 15.4 Å². The summed E-state index contributed by atoms with van der Waals surface area (Å²) in [6, 6.07) is 4.79. The van der Waals surface area contributed by atoms with Crippen molar-refractivity contribution in [3.63, 3.8) is 0 Å². The van der Waals surface area contributed by atoms with Crippen molar-refractivity contribution in [1.82, 2.24) is 19.9 Å². The molecule has 138 valence electrons. The number of amides is 1. The molecule has 1 N–H and O–H groups in total. The minimum atomic E-state index is -4.42. The number of carbonyl (C=O) groups excluding carboxylic acids is 1. The zero-order valence-electron chi connectivity index (χ0n) is 14.2. The van der Waals surface area contributed by atoms with Crippen LogP contribution in [0.1, 0.15) is 34.4 Å². The topological polar surface area (TPSA) is 59.3 Å². The number of alkyl halides is 3. The molecule has 26 heavy (non-hydrogen) atoms. The molecule has 0 spiro atoms. The van der Waals surface area contributed by atoms with Gasteiger partial charge < -0.3 is 5.32 Å². The first-order chi connectivity index (χ1) is 12.3. The quantitative estimate of drug-likeness (QED) is 0.734. The summed E-state index contributed by atoms with van der Waals surface area (Å²) in [7, 11) is 0. The first kappa shape index (κ1) is 18.4. The normalized spacial score (nSPS) is 11.9. The molecule has 0 saturated carbocycles. The van der Waals surface area contributed by atoms with Gasteiger partial charge in [-0.05, 0) is 25.0 Å². The number of halogens is 3. The number of nitrogens with zero attached hydrogens (tertiary/aromatic N) is 3. The summed E-state index contributed by atoms with van der Waals surface area (Å²) in [6.45, 7) is 4.06. The molecule has 1 aromatic carbocycles. The Kier molecular flexibility index (Phi) is 4.99. The van der Waals surface area contributed by atoms with E-state index in [0.29, 0.717) is 5.56 Å². The first-order valence-corrected chi connectivity index (χ1v) is 8.86. The first-order valence-electron chi connectivity index (χ1n) is 8.04. The zero-order valence-corrected chi connectivity index (χ0v) is 15.0. The predicted molar refractivity (Wildman–Crippen MR) is 92.0 cm³/mol. The molecule has 0 aliphatic carbocycles. The number of carbonyl (C=O) groups is 1. The van der Waals surface area contributed by atoms with Gasteiger partial charge in [0.15, 0.2) is 0 Å². The predicted octanol–water partition coefficient (Wildman–Crippen LogP) is 3.54. The number of imidazole rings is 1. The lowest BCUT2D eigenvalue weighted by Gasteiger charge is -2.09. The lowest BCUT2D eigenvalue weighted by Crippen LogP contribution is -2.25. The summed E-state index contributed by atoms with van der Waals surface area (Å²) in [5.41, 5.74) is 1.10. The molecule has 0 bridgehead atoms. The van der Waals surface area contributed by atoms with Gasteiger partial charge in [0.1, 0.15) is 5.01 Å². The number of fused-ring (bicyclic) bond motifs is 1. The van der Waals surface area contributed by atoms with Crippen LogP contribution in [0, 0.1) is 6.92 Å². The van der Waals surface area contributed by atoms with Gasteiger partial charge in [-0.2, -0.15) is 18.3 Å². The fourth-order valence-electron chi connectivity index (χ4n) is 2.56. The molecule has 3 aromatic rings. The maximum Gasteiger partial charge on any atom is 0.416 e. The standard InChI is InChI=1S/C17H17F3N4OS/c1-3-15-23-24-13(10(2)22-16(24)26-15)9-21-14(25)8-11-5-4-6-12(7-11)17(18,19)20/h4-7H,3,8-9H2,1-2H3,(H,21,25). The highest BCUT2D eigenvalue weighted by Crippen LogP contribution is 2.29. The van der Waals surface area contributed by atoms with Crippen LogP contribution in [0.4, 0.5) is 13.2 Å². The summed E-state index contributed by atoms with van der Waals surface area (Å²) in [6.07, 6.45) is -3.75. The molecular formula is C17H17F3N4OS. The SMILES string of the molecule is CCc1nn2c(CNC(=O)Cc3cccc(C(F)(F)F)c3)c(C)nc2s1. The minimum Gasteiger partial charge on any atom is -0.350 e. The van der Waals surface area contributed by atoms with Gasteiger partial charge in [0, 0.05) is 0 Å². The van der Waals surface area contributed by atoms with Crippen LogP contribution in [0.15, 0.2) is 24.3 Å². The Labute approximate surface area is 151 Å². The maximum absolute atomic E-state index is 12.7. The van der Waals surface area contributed by atoms with Crippen molar-refractivity contribution in [3.8, 4) is 0 Å². The molecule has 0 aliphatic rings. The Morgan fingerprint density at radius 3 is 2.81 bits per heavy atom. The summed E-state index contributed by atoms with van der Waals surface area (Å²) < 4.78 is 40.0. The number of benzene rings is 1. The van der Waals surface area contributed by atoms with E-state index in [1.165, 1.54) is 23.5 Å². The van der Waals surface area contributed by atoms with Crippen molar-refractivity contribution >= 4 is 22.2 Å². The van der Waals surface area contributed by atoms with Crippen molar-refractivity contribution in [1.29, 1.82) is 0 Å². The Morgan fingerprint density at radius 1 is 1.35 bits per heavy atom. The van der Waals surface area contributed by atoms with E-state index in [1.54, 1.807) is 4.52 Å². The third-order valence-corrected chi connectivity index (χ3v) is 4.97. The minimum absolute atomic E-state index is 0.123. The van der Waals surface area contributed by atoms with Crippen molar-refractivity contribution in [2.45, 2.75) is 39.4 Å². The van der Waals surface area contributed by atoms with Crippen LogP contribution in [-0.2, 0) is 30.4 Å². The van der Waals surface area contributed by atoms with E-state index in [9.17, 15) is 18.0 Å². The van der Waals surface area contributed by atoms with E-state index in [4.69, 9.17) is 0 Å². The molecule has 2 heterocycles. The highest BCUT2D eigenvalue weighted by molar-refractivity contribution is 7.16. The Morgan fingerprint density at radius 2 is 2.12 bits per heavy atom. The van der Waals surface area contributed by atoms with E-state index in [0.717, 1.165) is 39.9 Å². The van der Waals surface area contributed by atoms with Crippen molar-refractivity contribution in [2.24, 2.45) is 0 Å². The second-order valence-electron chi connectivity index (χ2n) is 5.84. The average molecular weight is 382 g/mol. The lowest BCUT2D eigenvalue weighted by molar-refractivity contribution is -0.137. The van der Waals surface area contributed by atoms with E-state index >= 15 is 0 Å². The number of aromatic nitrogens is 3. The lowest BCUT2D eigenvalue weighted by atomic mass is 10.1.